The lowest BCUT2D eigenvalue weighted by molar-refractivity contribution is 0.257. The van der Waals surface area contributed by atoms with Crippen molar-refractivity contribution in [3.8, 4) is 0 Å². The van der Waals surface area contributed by atoms with Gasteiger partial charge in [-0.1, -0.05) is 39.5 Å². The lowest BCUT2D eigenvalue weighted by atomic mass is 9.83. The summed E-state index contributed by atoms with van der Waals surface area (Å²) in [6.07, 6.45) is 10.2. The Morgan fingerprint density at radius 1 is 1.07 bits per heavy atom. The van der Waals surface area contributed by atoms with E-state index in [1.807, 2.05) is 0 Å². The Hall–Kier alpha value is -0.0400. The van der Waals surface area contributed by atoms with E-state index in [0.29, 0.717) is 0 Å². The molecule has 0 aromatic carbocycles. The second-order valence-corrected chi connectivity index (χ2v) is 5.71. The van der Waals surface area contributed by atoms with Gasteiger partial charge in [-0.05, 0) is 43.6 Å². The van der Waals surface area contributed by atoms with Gasteiger partial charge in [-0.25, -0.2) is 0 Å². The lowest BCUT2D eigenvalue weighted by Gasteiger charge is -2.26. The molecule has 0 aromatic rings. The van der Waals surface area contributed by atoms with Crippen molar-refractivity contribution in [2.75, 3.05) is 6.54 Å². The second kappa shape index (κ2) is 5.34. The summed E-state index contributed by atoms with van der Waals surface area (Å²) in [7, 11) is 0. The third-order valence-electron chi connectivity index (χ3n) is 4.78. The summed E-state index contributed by atoms with van der Waals surface area (Å²) >= 11 is 0. The first-order valence-electron chi connectivity index (χ1n) is 7.06. The normalized spacial score (nSPS) is 37.6. The Morgan fingerprint density at radius 3 is 2.47 bits per heavy atom. The van der Waals surface area contributed by atoms with Crippen molar-refractivity contribution in [2.24, 2.45) is 17.8 Å². The van der Waals surface area contributed by atoms with Crippen LogP contribution in [0.15, 0.2) is 0 Å². The molecule has 1 N–H and O–H groups in total. The van der Waals surface area contributed by atoms with E-state index < -0.39 is 0 Å². The molecule has 2 rings (SSSR count). The minimum Gasteiger partial charge on any atom is -0.314 e. The van der Waals surface area contributed by atoms with Gasteiger partial charge in [0, 0.05) is 6.04 Å². The Bertz CT molecular complexity index is 184. The molecule has 88 valence electrons. The first-order valence-corrected chi connectivity index (χ1v) is 7.06. The van der Waals surface area contributed by atoms with Crippen LogP contribution in [0.4, 0.5) is 0 Å². The maximum Gasteiger partial charge on any atom is 0.00955 e. The molecule has 3 unspecified atom stereocenters. The molecule has 0 spiro atoms. The summed E-state index contributed by atoms with van der Waals surface area (Å²) in [6, 6.07) is 0.829. The van der Waals surface area contributed by atoms with Crippen molar-refractivity contribution in [3.63, 3.8) is 0 Å². The average molecular weight is 209 g/mol. The summed E-state index contributed by atoms with van der Waals surface area (Å²) in [5.74, 6) is 3.05. The molecule has 2 aliphatic rings. The van der Waals surface area contributed by atoms with Crippen molar-refractivity contribution < 1.29 is 0 Å². The van der Waals surface area contributed by atoms with Crippen LogP contribution in [0.1, 0.15) is 58.8 Å². The topological polar surface area (TPSA) is 12.0 Å². The van der Waals surface area contributed by atoms with Crippen molar-refractivity contribution >= 4 is 0 Å². The van der Waals surface area contributed by atoms with E-state index in [1.165, 1.54) is 51.5 Å². The maximum atomic E-state index is 3.73. The zero-order valence-electron chi connectivity index (χ0n) is 10.5. The highest BCUT2D eigenvalue weighted by atomic mass is 14.9. The Balaban J connectivity index is 1.83. The van der Waals surface area contributed by atoms with E-state index in [-0.39, 0.29) is 0 Å². The highest BCUT2D eigenvalue weighted by Crippen LogP contribution is 2.43. The van der Waals surface area contributed by atoms with Gasteiger partial charge in [-0.2, -0.15) is 0 Å². The molecule has 0 aliphatic heterocycles. The van der Waals surface area contributed by atoms with Crippen LogP contribution in [-0.4, -0.2) is 12.6 Å². The van der Waals surface area contributed by atoms with Gasteiger partial charge in [0.15, 0.2) is 0 Å². The van der Waals surface area contributed by atoms with Gasteiger partial charge in [-0.3, -0.25) is 0 Å². The fourth-order valence-corrected chi connectivity index (χ4v) is 3.86. The van der Waals surface area contributed by atoms with Crippen LogP contribution in [-0.2, 0) is 0 Å². The average Bonchev–Trinajstić information content (AvgIpc) is 2.84. The number of rotatable bonds is 4. The standard InChI is InChI=1S/C14H27N/c1-3-10-15-14-9-8-13(11(14)2)12-6-4-5-7-12/h11-15H,3-10H2,1-2H3. The van der Waals surface area contributed by atoms with Gasteiger partial charge >= 0.3 is 0 Å². The van der Waals surface area contributed by atoms with Crippen LogP contribution in [0.5, 0.6) is 0 Å². The highest BCUT2D eigenvalue weighted by molar-refractivity contribution is 4.91. The predicted molar refractivity (Wildman–Crippen MR) is 65.9 cm³/mol. The lowest BCUT2D eigenvalue weighted by Crippen LogP contribution is -2.34. The fourth-order valence-electron chi connectivity index (χ4n) is 3.86. The third kappa shape index (κ3) is 2.55. The van der Waals surface area contributed by atoms with E-state index in [4.69, 9.17) is 0 Å². The number of nitrogens with one attached hydrogen (secondary N) is 1. The van der Waals surface area contributed by atoms with Crippen LogP contribution >= 0.6 is 0 Å². The Labute approximate surface area is 95.0 Å². The summed E-state index contributed by atoms with van der Waals surface area (Å²) in [5.41, 5.74) is 0. The maximum absolute atomic E-state index is 3.73. The van der Waals surface area contributed by atoms with Crippen LogP contribution in [0.25, 0.3) is 0 Å². The first-order chi connectivity index (χ1) is 7.33. The van der Waals surface area contributed by atoms with E-state index in [0.717, 1.165) is 23.8 Å². The first kappa shape index (κ1) is 11.4. The molecular weight excluding hydrogens is 182 g/mol. The van der Waals surface area contributed by atoms with Gasteiger partial charge in [0.2, 0.25) is 0 Å². The van der Waals surface area contributed by atoms with E-state index in [9.17, 15) is 0 Å². The zero-order chi connectivity index (χ0) is 10.7. The predicted octanol–water partition coefficient (Wildman–Crippen LogP) is 3.59. The summed E-state index contributed by atoms with van der Waals surface area (Å²) in [4.78, 5) is 0. The monoisotopic (exact) mass is 209 g/mol. The highest BCUT2D eigenvalue weighted by Gasteiger charge is 2.37. The third-order valence-corrected chi connectivity index (χ3v) is 4.78. The molecule has 0 saturated heterocycles. The van der Waals surface area contributed by atoms with Crippen LogP contribution in [0.2, 0.25) is 0 Å². The molecule has 2 saturated carbocycles. The molecule has 3 atom stereocenters. The molecule has 1 heteroatoms. The molecule has 0 radical (unpaired) electrons. The van der Waals surface area contributed by atoms with E-state index in [2.05, 4.69) is 19.2 Å². The Kier molecular flexibility index (Phi) is 4.07. The molecule has 1 nitrogen and oxygen atoms in total. The molecule has 0 amide bonds. The fraction of sp³-hybridized carbons (Fsp3) is 1.00. The van der Waals surface area contributed by atoms with Crippen molar-refractivity contribution in [3.05, 3.63) is 0 Å². The van der Waals surface area contributed by atoms with Gasteiger partial charge in [0.25, 0.3) is 0 Å². The minimum atomic E-state index is 0.829. The van der Waals surface area contributed by atoms with Gasteiger partial charge in [0.1, 0.15) is 0 Å². The smallest absolute Gasteiger partial charge is 0.00955 e. The zero-order valence-corrected chi connectivity index (χ0v) is 10.5. The van der Waals surface area contributed by atoms with Gasteiger partial charge < -0.3 is 5.32 Å². The van der Waals surface area contributed by atoms with Crippen LogP contribution in [0.3, 0.4) is 0 Å². The number of hydrogen-bond donors (Lipinski definition) is 1. The molecule has 0 bridgehead atoms. The van der Waals surface area contributed by atoms with E-state index in [1.54, 1.807) is 0 Å². The SMILES string of the molecule is CCCNC1CCC(C2CCCC2)C1C. The van der Waals surface area contributed by atoms with Crippen LogP contribution in [0, 0.1) is 17.8 Å². The van der Waals surface area contributed by atoms with Gasteiger partial charge in [-0.15, -0.1) is 0 Å². The van der Waals surface area contributed by atoms with Crippen molar-refractivity contribution in [2.45, 2.75) is 64.8 Å². The Morgan fingerprint density at radius 2 is 1.80 bits per heavy atom. The summed E-state index contributed by atoms with van der Waals surface area (Å²) in [6.45, 7) is 5.97. The molecule has 2 fully saturated rings. The molecule has 0 aromatic heterocycles. The molecule has 15 heavy (non-hydrogen) atoms. The molecular formula is C14H27N. The second-order valence-electron chi connectivity index (χ2n) is 5.71. The largest absolute Gasteiger partial charge is 0.314 e. The summed E-state index contributed by atoms with van der Waals surface area (Å²) < 4.78 is 0. The molecule has 2 aliphatic carbocycles. The van der Waals surface area contributed by atoms with E-state index >= 15 is 0 Å². The van der Waals surface area contributed by atoms with Crippen molar-refractivity contribution in [1.82, 2.24) is 5.32 Å². The summed E-state index contributed by atoms with van der Waals surface area (Å²) in [5, 5.41) is 3.73. The van der Waals surface area contributed by atoms with Crippen molar-refractivity contribution in [1.29, 1.82) is 0 Å². The van der Waals surface area contributed by atoms with Crippen LogP contribution < -0.4 is 5.32 Å². The minimum absolute atomic E-state index is 0.829. The number of hydrogen-bond acceptors (Lipinski definition) is 1. The van der Waals surface area contributed by atoms with Gasteiger partial charge in [0.05, 0.1) is 0 Å². The quantitative estimate of drug-likeness (QED) is 0.746. The molecule has 0 heterocycles.